The number of nitrogens with one attached hydrogen (secondary N) is 2. The van der Waals surface area contributed by atoms with Crippen LogP contribution < -0.4 is 16.4 Å². The number of nitrogens with zero attached hydrogens (tertiary/aromatic N) is 4. The topological polar surface area (TPSA) is 102 Å². The second kappa shape index (κ2) is 6.69. The van der Waals surface area contributed by atoms with E-state index in [0.29, 0.717) is 11.3 Å². The van der Waals surface area contributed by atoms with Crippen LogP contribution in [0.15, 0.2) is 30.2 Å². The molecule has 0 bridgehead atoms. The Bertz CT molecular complexity index is 886. The van der Waals surface area contributed by atoms with E-state index in [2.05, 4.69) is 30.6 Å². The van der Waals surface area contributed by atoms with Crippen molar-refractivity contribution < 1.29 is 13.2 Å². The van der Waals surface area contributed by atoms with E-state index >= 15 is 0 Å². The highest BCUT2D eigenvalue weighted by Gasteiger charge is 2.31. The van der Waals surface area contributed by atoms with Crippen LogP contribution in [0.25, 0.3) is 0 Å². The third kappa shape index (κ3) is 3.88. The summed E-state index contributed by atoms with van der Waals surface area (Å²) in [6.45, 7) is 0. The summed E-state index contributed by atoms with van der Waals surface area (Å²) >= 11 is 7.20. The third-order valence-corrected chi connectivity index (χ3v) is 3.92. The zero-order chi connectivity index (χ0) is 18.0. The van der Waals surface area contributed by atoms with Crippen LogP contribution in [0, 0.1) is 0 Å². The van der Waals surface area contributed by atoms with Crippen LogP contribution in [0.5, 0.6) is 0 Å². The van der Waals surface area contributed by atoms with Gasteiger partial charge in [-0.3, -0.25) is 0 Å². The molecule has 0 saturated carbocycles. The summed E-state index contributed by atoms with van der Waals surface area (Å²) in [4.78, 5) is 15.7. The Morgan fingerprint density at radius 1 is 1.04 bits per heavy atom. The Kier molecular flexibility index (Phi) is 4.59. The van der Waals surface area contributed by atoms with E-state index in [1.807, 2.05) is 0 Å². The number of thiazole rings is 1. The van der Waals surface area contributed by atoms with Gasteiger partial charge in [-0.1, -0.05) is 11.6 Å². The molecule has 7 nitrogen and oxygen atoms in total. The Balaban J connectivity index is 1.86. The van der Waals surface area contributed by atoms with Gasteiger partial charge in [-0.2, -0.15) is 13.2 Å². The monoisotopic (exact) mass is 387 g/mol. The molecule has 0 unspecified atom stereocenters. The first kappa shape index (κ1) is 17.2. The van der Waals surface area contributed by atoms with Crippen molar-refractivity contribution in [2.24, 2.45) is 0 Å². The molecule has 12 heteroatoms. The van der Waals surface area contributed by atoms with Gasteiger partial charge in [0.25, 0.3) is 0 Å². The summed E-state index contributed by atoms with van der Waals surface area (Å²) in [6, 6.07) is 0.767. The van der Waals surface area contributed by atoms with Gasteiger partial charge >= 0.3 is 6.18 Å². The van der Waals surface area contributed by atoms with E-state index in [1.54, 1.807) is 11.6 Å². The van der Waals surface area contributed by atoms with E-state index < -0.39 is 11.7 Å². The SMILES string of the molecule is Nc1c(Nc2nccs2)ncnc1Nc1ncc(C(F)(F)F)cc1Cl. The van der Waals surface area contributed by atoms with Crippen LogP contribution in [-0.4, -0.2) is 19.9 Å². The maximum Gasteiger partial charge on any atom is 0.417 e. The van der Waals surface area contributed by atoms with E-state index in [1.165, 1.54) is 17.7 Å². The summed E-state index contributed by atoms with van der Waals surface area (Å²) in [5, 5.41) is 7.73. The minimum atomic E-state index is -4.53. The number of aromatic nitrogens is 4. The van der Waals surface area contributed by atoms with Crippen LogP contribution in [-0.2, 0) is 6.18 Å². The molecule has 0 amide bonds. The average Bonchev–Trinajstić information content (AvgIpc) is 3.05. The molecule has 0 saturated heterocycles. The summed E-state index contributed by atoms with van der Waals surface area (Å²) < 4.78 is 38.0. The van der Waals surface area contributed by atoms with Crippen molar-refractivity contribution in [2.45, 2.75) is 6.18 Å². The molecule has 130 valence electrons. The van der Waals surface area contributed by atoms with Crippen molar-refractivity contribution in [3.05, 3.63) is 40.8 Å². The van der Waals surface area contributed by atoms with Gasteiger partial charge in [-0.15, -0.1) is 11.3 Å². The van der Waals surface area contributed by atoms with Gasteiger partial charge in [-0.05, 0) is 6.07 Å². The maximum absolute atomic E-state index is 12.7. The van der Waals surface area contributed by atoms with Crippen LogP contribution >= 0.6 is 22.9 Å². The highest BCUT2D eigenvalue weighted by molar-refractivity contribution is 7.13. The van der Waals surface area contributed by atoms with Crippen LogP contribution in [0.2, 0.25) is 5.02 Å². The highest BCUT2D eigenvalue weighted by Crippen LogP contribution is 2.34. The second-order valence-electron chi connectivity index (χ2n) is 4.62. The lowest BCUT2D eigenvalue weighted by molar-refractivity contribution is -0.137. The van der Waals surface area contributed by atoms with Crippen LogP contribution in [0.1, 0.15) is 5.56 Å². The molecule has 0 radical (unpaired) electrons. The molecule has 0 atom stereocenters. The van der Waals surface area contributed by atoms with Crippen LogP contribution in [0.3, 0.4) is 0 Å². The fourth-order valence-corrected chi connectivity index (χ4v) is 2.52. The molecular formula is C13H9ClF3N7S. The molecule has 3 aromatic heterocycles. The van der Waals surface area contributed by atoms with Crippen molar-refractivity contribution >= 4 is 51.2 Å². The zero-order valence-corrected chi connectivity index (χ0v) is 13.7. The lowest BCUT2D eigenvalue weighted by atomic mass is 10.3. The number of nitrogens with two attached hydrogens (primary N) is 1. The second-order valence-corrected chi connectivity index (χ2v) is 5.93. The number of alkyl halides is 3. The number of hydrogen-bond donors (Lipinski definition) is 3. The van der Waals surface area contributed by atoms with Crippen molar-refractivity contribution in [1.29, 1.82) is 0 Å². The van der Waals surface area contributed by atoms with Gasteiger partial charge < -0.3 is 16.4 Å². The van der Waals surface area contributed by atoms with Crippen molar-refractivity contribution in [2.75, 3.05) is 16.4 Å². The summed E-state index contributed by atoms with van der Waals surface area (Å²) in [6.07, 6.45) is -1.03. The molecule has 0 aliphatic carbocycles. The predicted octanol–water partition coefficient (Wildman–Crippen LogP) is 4.07. The standard InChI is InChI=1S/C13H9ClF3N7S/c14-7-3-6(13(15,16)17)4-20-9(7)23-10-8(18)11(22-5-21-10)24-12-19-1-2-25-12/h1-5H,18H2,(H2,19,20,21,22,23,24). The Labute approximate surface area is 148 Å². The van der Waals surface area contributed by atoms with E-state index in [0.717, 1.165) is 6.07 Å². The van der Waals surface area contributed by atoms with Crippen molar-refractivity contribution in [3.63, 3.8) is 0 Å². The minimum absolute atomic E-state index is 0.0136. The van der Waals surface area contributed by atoms with Crippen LogP contribution in [0.4, 0.5) is 41.4 Å². The maximum atomic E-state index is 12.7. The van der Waals surface area contributed by atoms with E-state index in [-0.39, 0.29) is 28.2 Å². The molecule has 0 fully saturated rings. The van der Waals surface area contributed by atoms with Gasteiger partial charge in [0.1, 0.15) is 17.8 Å². The Morgan fingerprint density at radius 3 is 2.36 bits per heavy atom. The number of hydrogen-bond acceptors (Lipinski definition) is 8. The molecule has 3 aromatic rings. The first-order valence-electron chi connectivity index (χ1n) is 6.61. The molecule has 25 heavy (non-hydrogen) atoms. The molecule has 0 aliphatic heterocycles. The van der Waals surface area contributed by atoms with Crippen molar-refractivity contribution in [1.82, 2.24) is 19.9 Å². The third-order valence-electron chi connectivity index (χ3n) is 2.95. The fraction of sp³-hybridized carbons (Fsp3) is 0.0769. The molecule has 0 aromatic carbocycles. The van der Waals surface area contributed by atoms with E-state index in [9.17, 15) is 13.2 Å². The zero-order valence-electron chi connectivity index (χ0n) is 12.2. The van der Waals surface area contributed by atoms with Gasteiger partial charge in [0.15, 0.2) is 16.8 Å². The molecule has 4 N–H and O–H groups in total. The summed E-state index contributed by atoms with van der Waals surface area (Å²) in [7, 11) is 0. The summed E-state index contributed by atoms with van der Waals surface area (Å²) in [5.41, 5.74) is 5.15. The summed E-state index contributed by atoms with van der Waals surface area (Å²) in [5.74, 6) is 0.416. The molecule has 0 spiro atoms. The smallest absolute Gasteiger partial charge is 0.393 e. The largest absolute Gasteiger partial charge is 0.417 e. The number of anilines is 5. The number of nitrogen functional groups attached to an aromatic ring is 1. The lowest BCUT2D eigenvalue weighted by Crippen LogP contribution is -2.08. The number of halogens is 4. The first-order chi connectivity index (χ1) is 11.8. The molecular weight excluding hydrogens is 379 g/mol. The predicted molar refractivity (Wildman–Crippen MR) is 89.4 cm³/mol. The Hall–Kier alpha value is -2.66. The molecule has 3 rings (SSSR count). The number of pyridine rings is 1. The fourth-order valence-electron chi connectivity index (χ4n) is 1.78. The highest BCUT2D eigenvalue weighted by atomic mass is 35.5. The Morgan fingerprint density at radius 2 is 1.76 bits per heavy atom. The molecule has 3 heterocycles. The van der Waals surface area contributed by atoms with Gasteiger partial charge in [-0.25, -0.2) is 19.9 Å². The lowest BCUT2D eigenvalue weighted by Gasteiger charge is -2.13. The van der Waals surface area contributed by atoms with Gasteiger partial charge in [0.05, 0.1) is 10.6 Å². The quantitative estimate of drug-likeness (QED) is 0.620. The first-order valence-corrected chi connectivity index (χ1v) is 7.87. The van der Waals surface area contributed by atoms with Gasteiger partial charge in [0, 0.05) is 17.8 Å². The van der Waals surface area contributed by atoms with Gasteiger partial charge in [0.2, 0.25) is 0 Å². The van der Waals surface area contributed by atoms with E-state index in [4.69, 9.17) is 17.3 Å². The van der Waals surface area contributed by atoms with Crippen molar-refractivity contribution in [3.8, 4) is 0 Å². The minimum Gasteiger partial charge on any atom is -0.393 e. The number of rotatable bonds is 4. The normalized spacial score (nSPS) is 11.4. The molecule has 0 aliphatic rings. The average molecular weight is 388 g/mol.